The molecule has 0 amide bonds. The maximum Gasteiger partial charge on any atom is 0.328 e. The van der Waals surface area contributed by atoms with Crippen LogP contribution in [0.1, 0.15) is 6.92 Å². The largest absolute Gasteiger partial charge is 0.445 e. The van der Waals surface area contributed by atoms with Crippen molar-refractivity contribution in [2.75, 3.05) is 0 Å². The van der Waals surface area contributed by atoms with Crippen LogP contribution in [0, 0.1) is 0 Å². The molecule has 0 unspecified atom stereocenters. The standard InChI is InChI=1S/C4H10N2O2/c1-2-3-8-4(5,6)7/h2-3,7H,5-6H2,1H3/b3-2-. The lowest BCUT2D eigenvalue weighted by Gasteiger charge is -2.14. The first kappa shape index (κ1) is 7.42. The van der Waals surface area contributed by atoms with Crippen LogP contribution >= 0.6 is 0 Å². The molecule has 0 aliphatic carbocycles. The minimum atomic E-state index is -2.04. The molecule has 48 valence electrons. The molecule has 0 saturated heterocycles. The lowest BCUT2D eigenvalue weighted by Crippen LogP contribution is -2.50. The lowest BCUT2D eigenvalue weighted by molar-refractivity contribution is -0.156. The van der Waals surface area contributed by atoms with Crippen molar-refractivity contribution in [3.63, 3.8) is 0 Å². The molecule has 0 rings (SSSR count). The first-order chi connectivity index (χ1) is 3.56. The number of hydrogen-bond acceptors (Lipinski definition) is 4. The first-order valence-electron chi connectivity index (χ1n) is 2.15. The molecular weight excluding hydrogens is 108 g/mol. The zero-order valence-corrected chi connectivity index (χ0v) is 4.66. The van der Waals surface area contributed by atoms with E-state index in [1.807, 2.05) is 0 Å². The highest BCUT2D eigenvalue weighted by molar-refractivity contribution is 4.66. The molecule has 0 fully saturated rings. The molecule has 0 spiro atoms. The molecule has 0 bridgehead atoms. The summed E-state index contributed by atoms with van der Waals surface area (Å²) in [4.78, 5) is 0. The van der Waals surface area contributed by atoms with Gasteiger partial charge in [0.25, 0.3) is 0 Å². The van der Waals surface area contributed by atoms with Crippen LogP contribution in [0.3, 0.4) is 0 Å². The summed E-state index contributed by atoms with van der Waals surface area (Å²) in [7, 11) is 0. The number of ether oxygens (including phenoxy) is 1. The average molecular weight is 118 g/mol. The Balaban J connectivity index is 3.39. The van der Waals surface area contributed by atoms with E-state index in [-0.39, 0.29) is 0 Å². The topological polar surface area (TPSA) is 81.5 Å². The Kier molecular flexibility index (Phi) is 2.47. The van der Waals surface area contributed by atoms with Crippen LogP contribution in [0.5, 0.6) is 0 Å². The predicted octanol–water partition coefficient (Wildman–Crippen LogP) is -0.942. The Morgan fingerprint density at radius 1 is 1.62 bits per heavy atom. The van der Waals surface area contributed by atoms with Crippen molar-refractivity contribution >= 4 is 0 Å². The Labute approximate surface area is 47.7 Å². The van der Waals surface area contributed by atoms with Gasteiger partial charge in [-0.3, -0.25) is 11.5 Å². The Morgan fingerprint density at radius 2 is 2.12 bits per heavy atom. The molecule has 0 atom stereocenters. The number of nitrogens with two attached hydrogens (primary N) is 2. The summed E-state index contributed by atoms with van der Waals surface area (Å²) in [6, 6.07) is -2.04. The van der Waals surface area contributed by atoms with Crippen molar-refractivity contribution in [2.24, 2.45) is 11.5 Å². The van der Waals surface area contributed by atoms with E-state index in [0.717, 1.165) is 0 Å². The molecule has 4 heteroatoms. The molecule has 0 aromatic rings. The summed E-state index contributed by atoms with van der Waals surface area (Å²) in [6.45, 7) is 1.71. The van der Waals surface area contributed by atoms with E-state index in [2.05, 4.69) is 4.74 Å². The van der Waals surface area contributed by atoms with E-state index in [9.17, 15) is 0 Å². The van der Waals surface area contributed by atoms with Gasteiger partial charge in [0.05, 0.1) is 6.26 Å². The van der Waals surface area contributed by atoms with Crippen LogP contribution in [0.4, 0.5) is 0 Å². The van der Waals surface area contributed by atoms with Gasteiger partial charge in [-0.05, 0) is 6.92 Å². The monoisotopic (exact) mass is 118 g/mol. The number of hydrogen-bond donors (Lipinski definition) is 3. The number of rotatable bonds is 2. The van der Waals surface area contributed by atoms with Gasteiger partial charge in [-0.1, -0.05) is 6.08 Å². The van der Waals surface area contributed by atoms with Gasteiger partial charge in [-0.2, -0.15) is 0 Å². The van der Waals surface area contributed by atoms with E-state index in [4.69, 9.17) is 16.6 Å². The second-order valence-electron chi connectivity index (χ2n) is 1.34. The second-order valence-corrected chi connectivity index (χ2v) is 1.34. The van der Waals surface area contributed by atoms with Crippen molar-refractivity contribution in [2.45, 2.75) is 13.0 Å². The van der Waals surface area contributed by atoms with Gasteiger partial charge in [-0.15, -0.1) is 0 Å². The summed E-state index contributed by atoms with van der Waals surface area (Å²) >= 11 is 0. The predicted molar refractivity (Wildman–Crippen MR) is 29.2 cm³/mol. The molecule has 0 aromatic carbocycles. The van der Waals surface area contributed by atoms with E-state index in [1.165, 1.54) is 6.26 Å². The van der Waals surface area contributed by atoms with Crippen molar-refractivity contribution < 1.29 is 9.84 Å². The molecule has 0 aliphatic heterocycles. The van der Waals surface area contributed by atoms with Crippen LogP contribution in [0.15, 0.2) is 12.3 Å². The first-order valence-corrected chi connectivity index (χ1v) is 2.15. The molecular formula is C4H10N2O2. The van der Waals surface area contributed by atoms with Crippen molar-refractivity contribution in [1.29, 1.82) is 0 Å². The Morgan fingerprint density at radius 3 is 2.25 bits per heavy atom. The van der Waals surface area contributed by atoms with Gasteiger partial charge < -0.3 is 9.84 Å². The van der Waals surface area contributed by atoms with Crippen molar-refractivity contribution in [3.05, 3.63) is 12.3 Å². The van der Waals surface area contributed by atoms with Gasteiger partial charge in [-0.25, -0.2) is 0 Å². The number of allylic oxidation sites excluding steroid dienone is 1. The highest BCUT2D eigenvalue weighted by atomic mass is 16.6. The zero-order valence-electron chi connectivity index (χ0n) is 4.66. The third-order valence-corrected chi connectivity index (χ3v) is 0.393. The highest BCUT2D eigenvalue weighted by Crippen LogP contribution is 1.86. The molecule has 5 N–H and O–H groups in total. The summed E-state index contributed by atoms with van der Waals surface area (Å²) < 4.78 is 4.31. The van der Waals surface area contributed by atoms with E-state index in [1.54, 1.807) is 13.0 Å². The maximum atomic E-state index is 8.43. The lowest BCUT2D eigenvalue weighted by atomic mass is 10.7. The Hall–Kier alpha value is -0.580. The minimum Gasteiger partial charge on any atom is -0.445 e. The summed E-state index contributed by atoms with van der Waals surface area (Å²) in [6.07, 6.45) is 2.77. The summed E-state index contributed by atoms with van der Waals surface area (Å²) in [5, 5.41) is 8.43. The second kappa shape index (κ2) is 2.66. The van der Waals surface area contributed by atoms with Crippen molar-refractivity contribution in [1.82, 2.24) is 0 Å². The van der Waals surface area contributed by atoms with Crippen LogP contribution in [-0.4, -0.2) is 11.1 Å². The molecule has 0 heterocycles. The van der Waals surface area contributed by atoms with Crippen LogP contribution < -0.4 is 11.5 Å². The van der Waals surface area contributed by atoms with Gasteiger partial charge in [0, 0.05) is 0 Å². The SMILES string of the molecule is C/C=C\OC(N)(N)O. The van der Waals surface area contributed by atoms with E-state index < -0.39 is 6.03 Å². The van der Waals surface area contributed by atoms with Gasteiger partial charge >= 0.3 is 6.03 Å². The van der Waals surface area contributed by atoms with E-state index >= 15 is 0 Å². The zero-order chi connectivity index (χ0) is 6.62. The fourth-order valence-electron chi connectivity index (χ4n) is 0.177. The third kappa shape index (κ3) is 5.42. The molecule has 4 nitrogen and oxygen atoms in total. The highest BCUT2D eigenvalue weighted by Gasteiger charge is 2.10. The Bertz CT molecular complexity index is 84.5. The van der Waals surface area contributed by atoms with Gasteiger partial charge in [0.1, 0.15) is 0 Å². The quantitative estimate of drug-likeness (QED) is 0.323. The van der Waals surface area contributed by atoms with Gasteiger partial charge in [0.15, 0.2) is 0 Å². The van der Waals surface area contributed by atoms with Crippen LogP contribution in [0.2, 0.25) is 0 Å². The summed E-state index contributed by atoms with van der Waals surface area (Å²) in [5.74, 6) is 0. The third-order valence-electron chi connectivity index (χ3n) is 0.393. The fraction of sp³-hybridized carbons (Fsp3) is 0.500. The number of aliphatic hydroxyl groups is 1. The fourth-order valence-corrected chi connectivity index (χ4v) is 0.177. The van der Waals surface area contributed by atoms with E-state index in [0.29, 0.717) is 0 Å². The summed E-state index contributed by atoms with van der Waals surface area (Å²) in [5.41, 5.74) is 9.56. The normalized spacial score (nSPS) is 12.5. The van der Waals surface area contributed by atoms with Crippen molar-refractivity contribution in [3.8, 4) is 0 Å². The van der Waals surface area contributed by atoms with Crippen LogP contribution in [0.25, 0.3) is 0 Å². The molecule has 0 aromatic heterocycles. The van der Waals surface area contributed by atoms with Gasteiger partial charge in [0.2, 0.25) is 0 Å². The molecule has 0 radical (unpaired) electrons. The maximum absolute atomic E-state index is 8.43. The molecule has 0 saturated carbocycles. The smallest absolute Gasteiger partial charge is 0.328 e. The molecule has 0 aliphatic rings. The average Bonchev–Trinajstić information content (AvgIpc) is 1.59. The minimum absolute atomic E-state index is 1.21. The molecule has 8 heavy (non-hydrogen) atoms. The van der Waals surface area contributed by atoms with Crippen LogP contribution in [-0.2, 0) is 4.74 Å².